The van der Waals surface area contributed by atoms with Gasteiger partial charge < -0.3 is 9.47 Å². The maximum absolute atomic E-state index is 12.6. The van der Waals surface area contributed by atoms with Crippen LogP contribution >= 0.6 is 24.0 Å². The van der Waals surface area contributed by atoms with Crippen molar-refractivity contribution < 1.29 is 19.1 Å². The lowest BCUT2D eigenvalue weighted by Crippen LogP contribution is -2.30. The minimum Gasteiger partial charge on any atom is -0.493 e. The summed E-state index contributed by atoms with van der Waals surface area (Å²) < 4.78 is 11.1. The van der Waals surface area contributed by atoms with E-state index in [0.717, 1.165) is 17.7 Å². The molecular weight excluding hydrogens is 358 g/mol. The number of thioether (sulfide) groups is 1. The molecule has 1 aromatic carbocycles. The lowest BCUT2D eigenvalue weighted by atomic mass is 10.2. The summed E-state index contributed by atoms with van der Waals surface area (Å²) >= 11 is 6.51. The van der Waals surface area contributed by atoms with Crippen LogP contribution in [-0.4, -0.2) is 40.9 Å². The second-order valence-electron chi connectivity index (χ2n) is 5.27. The van der Waals surface area contributed by atoms with Crippen LogP contribution < -0.4 is 4.74 Å². The third kappa shape index (κ3) is 5.31. The molecule has 1 aromatic rings. The molecule has 0 unspecified atom stereocenters. The van der Waals surface area contributed by atoms with E-state index in [1.54, 1.807) is 13.0 Å². The molecular formula is C18H21NO4S2. The molecule has 0 bridgehead atoms. The Morgan fingerprint density at radius 2 is 2.08 bits per heavy atom. The van der Waals surface area contributed by atoms with Crippen LogP contribution in [0.4, 0.5) is 0 Å². The van der Waals surface area contributed by atoms with Gasteiger partial charge in [-0.2, -0.15) is 0 Å². The summed E-state index contributed by atoms with van der Waals surface area (Å²) in [5, 5.41) is 0. The van der Waals surface area contributed by atoms with Gasteiger partial charge in [0.2, 0.25) is 0 Å². The lowest BCUT2D eigenvalue weighted by molar-refractivity contribution is -0.143. The average Bonchev–Trinajstić information content (AvgIpc) is 2.86. The summed E-state index contributed by atoms with van der Waals surface area (Å²) in [6.07, 6.45) is 2.82. The molecule has 1 saturated heterocycles. The van der Waals surface area contributed by atoms with Crippen LogP contribution in [-0.2, 0) is 14.3 Å². The second-order valence-corrected chi connectivity index (χ2v) is 6.95. The number of benzene rings is 1. The number of hydrogen-bond acceptors (Lipinski definition) is 6. The summed E-state index contributed by atoms with van der Waals surface area (Å²) in [5.41, 5.74) is 0.835. The fourth-order valence-corrected chi connectivity index (χ4v) is 3.51. The molecule has 25 heavy (non-hydrogen) atoms. The standard InChI is InChI=1S/C18H21NO4S2/c1-3-11-23-14-8-6-5-7-13(14)12-15-17(21)19(18(24)25-15)10-9-16(20)22-4-2/h5-8,12H,3-4,9-11H2,1-2H3/b15-12+. The number of para-hydroxylation sites is 1. The van der Waals surface area contributed by atoms with Crippen molar-refractivity contribution in [1.82, 2.24) is 4.90 Å². The first-order valence-electron chi connectivity index (χ1n) is 8.19. The fourth-order valence-electron chi connectivity index (χ4n) is 2.21. The Kier molecular flexibility index (Phi) is 7.46. The smallest absolute Gasteiger partial charge is 0.307 e. The van der Waals surface area contributed by atoms with Gasteiger partial charge in [-0.05, 0) is 25.5 Å². The van der Waals surface area contributed by atoms with Crippen molar-refractivity contribution in [2.45, 2.75) is 26.7 Å². The summed E-state index contributed by atoms with van der Waals surface area (Å²) in [6.45, 7) is 4.96. The largest absolute Gasteiger partial charge is 0.493 e. The Morgan fingerprint density at radius 3 is 2.80 bits per heavy atom. The lowest BCUT2D eigenvalue weighted by Gasteiger charge is -2.13. The van der Waals surface area contributed by atoms with Crippen molar-refractivity contribution in [3.63, 3.8) is 0 Å². The van der Waals surface area contributed by atoms with Gasteiger partial charge in [0.15, 0.2) is 0 Å². The maximum Gasteiger partial charge on any atom is 0.307 e. The van der Waals surface area contributed by atoms with Crippen molar-refractivity contribution >= 4 is 46.3 Å². The van der Waals surface area contributed by atoms with Gasteiger partial charge in [0.25, 0.3) is 5.91 Å². The molecule has 0 aromatic heterocycles. The molecule has 1 aliphatic heterocycles. The van der Waals surface area contributed by atoms with Crippen molar-refractivity contribution in [1.29, 1.82) is 0 Å². The molecule has 0 saturated carbocycles. The van der Waals surface area contributed by atoms with Crippen molar-refractivity contribution in [2.75, 3.05) is 19.8 Å². The van der Waals surface area contributed by atoms with Crippen molar-refractivity contribution in [3.05, 3.63) is 34.7 Å². The number of hydrogen-bond donors (Lipinski definition) is 0. The Balaban J connectivity index is 2.11. The molecule has 1 amide bonds. The highest BCUT2D eigenvalue weighted by Crippen LogP contribution is 2.34. The van der Waals surface area contributed by atoms with E-state index in [2.05, 4.69) is 0 Å². The van der Waals surface area contributed by atoms with E-state index in [9.17, 15) is 9.59 Å². The molecule has 1 aliphatic rings. The maximum atomic E-state index is 12.6. The van der Waals surface area contributed by atoms with E-state index in [-0.39, 0.29) is 24.8 Å². The quantitative estimate of drug-likeness (QED) is 0.391. The first-order valence-corrected chi connectivity index (χ1v) is 9.42. The highest BCUT2D eigenvalue weighted by Gasteiger charge is 2.32. The molecule has 134 valence electrons. The predicted molar refractivity (Wildman–Crippen MR) is 103 cm³/mol. The molecule has 0 N–H and O–H groups in total. The number of amides is 1. The van der Waals surface area contributed by atoms with Crippen molar-refractivity contribution in [2.24, 2.45) is 0 Å². The minimum atomic E-state index is -0.334. The number of carbonyl (C=O) groups excluding carboxylic acids is 2. The zero-order valence-electron chi connectivity index (χ0n) is 14.3. The van der Waals surface area contributed by atoms with Crippen LogP contribution in [0, 0.1) is 0 Å². The van der Waals surface area contributed by atoms with Crippen LogP contribution in [0.3, 0.4) is 0 Å². The van der Waals surface area contributed by atoms with Gasteiger partial charge in [-0.1, -0.05) is 49.1 Å². The van der Waals surface area contributed by atoms with Crippen LogP contribution in [0.15, 0.2) is 29.2 Å². The Labute approximate surface area is 157 Å². The van der Waals surface area contributed by atoms with Crippen LogP contribution in [0.2, 0.25) is 0 Å². The molecule has 2 rings (SSSR count). The van der Waals surface area contributed by atoms with Crippen LogP contribution in [0.1, 0.15) is 32.3 Å². The normalized spacial score (nSPS) is 15.8. The third-order valence-corrected chi connectivity index (χ3v) is 4.76. The van der Waals surface area contributed by atoms with Crippen LogP contribution in [0.25, 0.3) is 6.08 Å². The van der Waals surface area contributed by atoms with E-state index in [1.165, 1.54) is 16.7 Å². The SMILES string of the molecule is CCCOc1ccccc1/C=C1/SC(=S)N(CCC(=O)OCC)C1=O. The van der Waals surface area contributed by atoms with Crippen LogP contribution in [0.5, 0.6) is 5.75 Å². The molecule has 7 heteroatoms. The predicted octanol–water partition coefficient (Wildman–Crippen LogP) is 3.63. The highest BCUT2D eigenvalue weighted by atomic mass is 32.2. The van der Waals surface area contributed by atoms with E-state index >= 15 is 0 Å². The fraction of sp³-hybridized carbons (Fsp3) is 0.389. The second kappa shape index (κ2) is 9.58. The Bertz CT molecular complexity index is 687. The van der Waals surface area contributed by atoms with Gasteiger partial charge in [0.05, 0.1) is 24.5 Å². The van der Waals surface area contributed by atoms with Gasteiger partial charge in [-0.15, -0.1) is 0 Å². The van der Waals surface area contributed by atoms with Gasteiger partial charge in [-0.25, -0.2) is 0 Å². The number of ether oxygens (including phenoxy) is 2. The summed E-state index contributed by atoms with van der Waals surface area (Å²) in [6, 6.07) is 7.57. The number of nitrogens with zero attached hydrogens (tertiary/aromatic N) is 1. The number of carbonyl (C=O) groups is 2. The molecule has 0 aliphatic carbocycles. The van der Waals surface area contributed by atoms with Crippen molar-refractivity contribution in [3.8, 4) is 5.75 Å². The molecule has 0 atom stereocenters. The molecule has 5 nitrogen and oxygen atoms in total. The molecule has 1 heterocycles. The Hall–Kier alpha value is -1.86. The molecule has 0 radical (unpaired) electrons. The average molecular weight is 380 g/mol. The van der Waals surface area contributed by atoms with E-state index in [0.29, 0.717) is 22.4 Å². The first-order chi connectivity index (χ1) is 12.1. The minimum absolute atomic E-state index is 0.129. The zero-order chi connectivity index (χ0) is 18.2. The zero-order valence-corrected chi connectivity index (χ0v) is 16.0. The van der Waals surface area contributed by atoms with E-state index in [4.69, 9.17) is 21.7 Å². The van der Waals surface area contributed by atoms with Gasteiger partial charge in [0.1, 0.15) is 10.1 Å². The first kappa shape index (κ1) is 19.5. The van der Waals surface area contributed by atoms with Gasteiger partial charge in [-0.3, -0.25) is 14.5 Å². The molecule has 0 spiro atoms. The summed E-state index contributed by atoms with van der Waals surface area (Å²) in [7, 11) is 0. The summed E-state index contributed by atoms with van der Waals surface area (Å²) in [5.74, 6) is 0.213. The highest BCUT2D eigenvalue weighted by molar-refractivity contribution is 8.26. The number of rotatable bonds is 8. The molecule has 1 fully saturated rings. The monoisotopic (exact) mass is 379 g/mol. The topological polar surface area (TPSA) is 55.8 Å². The number of thiocarbonyl (C=S) groups is 1. The summed E-state index contributed by atoms with van der Waals surface area (Å²) in [4.78, 5) is 26.0. The van der Waals surface area contributed by atoms with E-state index in [1.807, 2.05) is 31.2 Å². The third-order valence-electron chi connectivity index (χ3n) is 3.39. The van der Waals surface area contributed by atoms with E-state index < -0.39 is 0 Å². The van der Waals surface area contributed by atoms with Gasteiger partial charge in [0, 0.05) is 12.1 Å². The Morgan fingerprint density at radius 1 is 1.32 bits per heavy atom. The number of esters is 1. The van der Waals surface area contributed by atoms with Gasteiger partial charge >= 0.3 is 5.97 Å².